The van der Waals surface area contributed by atoms with Crippen LogP contribution < -0.4 is 0 Å². The zero-order valence-corrected chi connectivity index (χ0v) is 15.4. The van der Waals surface area contributed by atoms with Crippen LogP contribution in [0, 0.1) is 23.8 Å². The van der Waals surface area contributed by atoms with Gasteiger partial charge in [-0.25, -0.2) is 9.91 Å². The molecule has 136 valence electrons. The molecule has 1 aromatic carbocycles. The summed E-state index contributed by atoms with van der Waals surface area (Å²) in [6, 6.07) is 7.72. The first-order chi connectivity index (χ1) is 12.9. The molecule has 0 saturated heterocycles. The van der Waals surface area contributed by atoms with Crippen LogP contribution in [0.4, 0.5) is 0 Å². The fraction of sp³-hybridized carbons (Fsp3) is 0.316. The summed E-state index contributed by atoms with van der Waals surface area (Å²) in [6.45, 7) is 11.1. The lowest BCUT2D eigenvalue weighted by Crippen LogP contribution is -2.26. The number of H-pyrrole nitrogens is 1. The average Bonchev–Trinajstić information content (AvgIpc) is 3.09. The van der Waals surface area contributed by atoms with Crippen molar-refractivity contribution in [1.82, 2.24) is 15.3 Å². The summed E-state index contributed by atoms with van der Waals surface area (Å²) in [4.78, 5) is 25.4. The van der Waals surface area contributed by atoms with Crippen molar-refractivity contribution in [2.75, 3.05) is 14.2 Å². The number of hydrogen-bond donors (Lipinski definition) is 1. The number of nitrogens with one attached hydrogen (secondary N) is 1. The number of nitrogens with zero attached hydrogens (tertiary/aromatic N) is 5. The molecule has 0 saturated carbocycles. The van der Waals surface area contributed by atoms with Gasteiger partial charge in [-0.1, -0.05) is 6.07 Å². The van der Waals surface area contributed by atoms with Gasteiger partial charge in [-0.2, -0.15) is 10.4 Å². The van der Waals surface area contributed by atoms with Crippen LogP contribution in [0.1, 0.15) is 35.8 Å². The minimum absolute atomic E-state index is 0.218. The Hall–Kier alpha value is -3.49. The molecule has 2 atom stereocenters. The van der Waals surface area contributed by atoms with E-state index < -0.39 is 17.7 Å². The number of hydrogen-bond acceptors (Lipinski definition) is 5. The first-order valence-electron chi connectivity index (χ1n) is 8.26. The second kappa shape index (κ2) is 7.02. The highest BCUT2D eigenvalue weighted by atomic mass is 16.7. The molecule has 2 aromatic rings. The third-order valence-electron chi connectivity index (χ3n) is 4.76. The molecule has 1 N–H and O–H groups in total. The average molecular weight is 362 g/mol. The predicted molar refractivity (Wildman–Crippen MR) is 99.5 cm³/mol. The maximum absolute atomic E-state index is 12.5. The van der Waals surface area contributed by atoms with Crippen molar-refractivity contribution in [3.8, 4) is 6.07 Å². The van der Waals surface area contributed by atoms with Crippen LogP contribution >= 0.6 is 0 Å². The van der Waals surface area contributed by atoms with E-state index in [2.05, 4.69) is 26.1 Å². The number of aromatic nitrogens is 2. The van der Waals surface area contributed by atoms with Crippen LogP contribution in [-0.4, -0.2) is 41.0 Å². The third kappa shape index (κ3) is 2.97. The van der Waals surface area contributed by atoms with E-state index in [4.69, 9.17) is 11.4 Å². The molecular weight excluding hydrogens is 344 g/mol. The standard InChI is InChI=1S/C19H18N6O2/c1-10-14(9-20)16(17(21-3)11(2)22-10)12-6-7-15-13(8-12)18(24-23-15)19(26)25(4)27-5/h6-8,14,16H,1-2,4-5H3,(H,23,24). The predicted octanol–water partition coefficient (Wildman–Crippen LogP) is 3.04. The van der Waals surface area contributed by atoms with Gasteiger partial charge in [0, 0.05) is 29.8 Å². The minimum atomic E-state index is -0.539. The smallest absolute Gasteiger partial charge is 0.277 e. The van der Waals surface area contributed by atoms with Gasteiger partial charge in [0.2, 0.25) is 0 Å². The zero-order chi connectivity index (χ0) is 19.7. The van der Waals surface area contributed by atoms with Gasteiger partial charge in [0.05, 0.1) is 31.2 Å². The lowest BCUT2D eigenvalue weighted by atomic mass is 9.79. The van der Waals surface area contributed by atoms with Crippen molar-refractivity contribution in [3.63, 3.8) is 0 Å². The summed E-state index contributed by atoms with van der Waals surface area (Å²) < 4.78 is 0. The lowest BCUT2D eigenvalue weighted by molar-refractivity contribution is -0.0759. The largest absolute Gasteiger partial charge is 0.298 e. The number of allylic oxidation sites excluding steroid dienone is 2. The number of benzene rings is 1. The first kappa shape index (κ1) is 18.3. The molecule has 1 aromatic heterocycles. The van der Waals surface area contributed by atoms with Crippen molar-refractivity contribution >= 4 is 22.5 Å². The Labute approximate surface area is 156 Å². The van der Waals surface area contributed by atoms with Crippen molar-refractivity contribution in [1.29, 1.82) is 5.26 Å². The molecule has 3 rings (SSSR count). The molecule has 0 aliphatic carbocycles. The second-order valence-corrected chi connectivity index (χ2v) is 6.28. The number of fused-ring (bicyclic) bond motifs is 1. The second-order valence-electron chi connectivity index (χ2n) is 6.28. The van der Waals surface area contributed by atoms with Gasteiger partial charge in [-0.3, -0.25) is 19.7 Å². The molecule has 2 unspecified atom stereocenters. The summed E-state index contributed by atoms with van der Waals surface area (Å²) in [6.07, 6.45) is 0. The van der Waals surface area contributed by atoms with Gasteiger partial charge in [-0.15, -0.1) is 0 Å². The number of hydroxylamine groups is 2. The van der Waals surface area contributed by atoms with Gasteiger partial charge in [0.25, 0.3) is 5.91 Å². The molecule has 0 fully saturated rings. The molecule has 0 bridgehead atoms. The van der Waals surface area contributed by atoms with E-state index in [1.807, 2.05) is 12.1 Å². The normalized spacial score (nSPS) is 19.4. The Bertz CT molecular complexity index is 1070. The molecule has 27 heavy (non-hydrogen) atoms. The number of amides is 1. The fourth-order valence-electron chi connectivity index (χ4n) is 3.30. The highest BCUT2D eigenvalue weighted by molar-refractivity contribution is 6.04. The van der Waals surface area contributed by atoms with Gasteiger partial charge in [0.15, 0.2) is 11.4 Å². The van der Waals surface area contributed by atoms with E-state index >= 15 is 0 Å². The van der Waals surface area contributed by atoms with E-state index in [-0.39, 0.29) is 5.69 Å². The van der Waals surface area contributed by atoms with Gasteiger partial charge < -0.3 is 0 Å². The highest BCUT2D eigenvalue weighted by Gasteiger charge is 2.34. The van der Waals surface area contributed by atoms with Crippen LogP contribution in [0.15, 0.2) is 34.6 Å². The number of rotatable bonds is 3. The molecule has 1 aliphatic rings. The van der Waals surface area contributed by atoms with Crippen LogP contribution in [-0.2, 0) is 4.84 Å². The summed E-state index contributed by atoms with van der Waals surface area (Å²) in [7, 11) is 2.90. The number of carbonyl (C=O) groups excluding carboxylic acids is 1. The summed E-state index contributed by atoms with van der Waals surface area (Å²) in [5.74, 6) is -1.37. The monoisotopic (exact) mass is 362 g/mol. The Kier molecular flexibility index (Phi) is 4.76. The molecule has 1 aliphatic heterocycles. The van der Waals surface area contributed by atoms with Crippen molar-refractivity contribution in [3.05, 3.63) is 52.3 Å². The number of carbonyl (C=O) groups is 1. The van der Waals surface area contributed by atoms with Crippen LogP contribution in [0.25, 0.3) is 15.7 Å². The molecule has 0 spiro atoms. The van der Waals surface area contributed by atoms with Crippen LogP contribution in [0.3, 0.4) is 0 Å². The quantitative estimate of drug-likeness (QED) is 0.670. The van der Waals surface area contributed by atoms with Crippen LogP contribution in [0.5, 0.6) is 0 Å². The number of aliphatic imine (C=N–C) groups is 1. The zero-order valence-electron chi connectivity index (χ0n) is 15.4. The van der Waals surface area contributed by atoms with E-state index in [9.17, 15) is 10.1 Å². The maximum atomic E-state index is 12.5. The van der Waals surface area contributed by atoms with Crippen LogP contribution in [0.2, 0.25) is 0 Å². The lowest BCUT2D eigenvalue weighted by Gasteiger charge is -2.26. The molecule has 2 heterocycles. The Morgan fingerprint density at radius 3 is 2.81 bits per heavy atom. The third-order valence-corrected chi connectivity index (χ3v) is 4.76. The SMILES string of the molecule is [C-]#[N+]C1=C(C)N=C(C)C(C#N)C1c1ccc2[nH]nc(C(=O)N(C)OC)c2c1. The molecule has 8 heteroatoms. The summed E-state index contributed by atoms with van der Waals surface area (Å²) in [5.41, 5.74) is 3.40. The van der Waals surface area contributed by atoms with E-state index in [0.29, 0.717) is 28.0 Å². The summed E-state index contributed by atoms with van der Waals surface area (Å²) in [5, 5.41) is 18.3. The first-order valence-corrected chi connectivity index (χ1v) is 8.26. The van der Waals surface area contributed by atoms with E-state index in [1.54, 1.807) is 19.9 Å². The van der Waals surface area contributed by atoms with Gasteiger partial charge >= 0.3 is 0 Å². The summed E-state index contributed by atoms with van der Waals surface area (Å²) >= 11 is 0. The maximum Gasteiger partial charge on any atom is 0.298 e. The fourth-order valence-corrected chi connectivity index (χ4v) is 3.30. The van der Waals surface area contributed by atoms with Crippen molar-refractivity contribution in [2.24, 2.45) is 10.9 Å². The number of aromatic amines is 1. The molecule has 1 amide bonds. The van der Waals surface area contributed by atoms with Gasteiger partial charge in [-0.05, 0) is 31.5 Å². The molecular formula is C19H18N6O2. The Morgan fingerprint density at radius 2 is 2.19 bits per heavy atom. The van der Waals surface area contributed by atoms with Crippen molar-refractivity contribution in [2.45, 2.75) is 19.8 Å². The van der Waals surface area contributed by atoms with Gasteiger partial charge in [0.1, 0.15) is 0 Å². The Morgan fingerprint density at radius 1 is 1.44 bits per heavy atom. The number of nitriles is 1. The Balaban J connectivity index is 2.17. The van der Waals surface area contributed by atoms with E-state index in [1.165, 1.54) is 14.2 Å². The molecule has 0 radical (unpaired) electrons. The van der Waals surface area contributed by atoms with E-state index in [0.717, 1.165) is 10.6 Å². The highest BCUT2D eigenvalue weighted by Crippen LogP contribution is 2.40. The minimum Gasteiger partial charge on any atom is -0.277 e. The van der Waals surface area contributed by atoms with Crippen molar-refractivity contribution < 1.29 is 9.63 Å². The topological polar surface area (TPSA) is 98.7 Å². The molecule has 8 nitrogen and oxygen atoms in total.